The summed E-state index contributed by atoms with van der Waals surface area (Å²) in [4.78, 5) is 12.8. The number of aliphatic hydroxyl groups is 1. The summed E-state index contributed by atoms with van der Waals surface area (Å²) >= 11 is 0. The molecule has 1 aliphatic rings. The number of nitrogens with zero attached hydrogens (tertiary/aromatic N) is 1. The number of hydrogen-bond acceptors (Lipinski definition) is 2. The summed E-state index contributed by atoms with van der Waals surface area (Å²) < 4.78 is 0. The average Bonchev–Trinajstić information content (AvgIpc) is 1.98. The van der Waals surface area contributed by atoms with E-state index in [0.29, 0.717) is 12.3 Å². The topological polar surface area (TPSA) is 40.5 Å². The molecule has 3 nitrogen and oxygen atoms in total. The number of carbonyl (C=O) groups is 1. The van der Waals surface area contributed by atoms with E-state index in [1.54, 1.807) is 4.90 Å². The molecule has 0 bridgehead atoms. The maximum absolute atomic E-state index is 11.0. The van der Waals surface area contributed by atoms with Crippen LogP contribution in [-0.4, -0.2) is 36.1 Å². The van der Waals surface area contributed by atoms with Gasteiger partial charge in [-0.3, -0.25) is 4.79 Å². The summed E-state index contributed by atoms with van der Waals surface area (Å²) in [5.74, 6) is 0.752. The maximum atomic E-state index is 11.0. The zero-order valence-electron chi connectivity index (χ0n) is 6.92. The Balaban J connectivity index is 2.33. The van der Waals surface area contributed by atoms with Crippen molar-refractivity contribution < 1.29 is 9.90 Å². The summed E-state index contributed by atoms with van der Waals surface area (Å²) in [5.41, 5.74) is 0. The molecule has 0 saturated carbocycles. The molecule has 64 valence electrons. The third kappa shape index (κ3) is 2.19. The first-order valence-corrected chi connectivity index (χ1v) is 4.09. The Labute approximate surface area is 67.0 Å². The second kappa shape index (κ2) is 3.72. The van der Waals surface area contributed by atoms with E-state index in [-0.39, 0.29) is 12.5 Å². The fourth-order valence-corrected chi connectivity index (χ4v) is 1.52. The van der Waals surface area contributed by atoms with Crippen LogP contribution in [-0.2, 0) is 4.79 Å². The van der Waals surface area contributed by atoms with Crippen LogP contribution in [0.25, 0.3) is 0 Å². The highest BCUT2D eigenvalue weighted by Gasteiger charge is 2.21. The normalized spacial score (nSPS) is 25.8. The minimum Gasteiger partial charge on any atom is -0.396 e. The maximum Gasteiger partial charge on any atom is 0.222 e. The van der Waals surface area contributed by atoms with Gasteiger partial charge in [0.25, 0.3) is 0 Å². The zero-order chi connectivity index (χ0) is 8.27. The van der Waals surface area contributed by atoms with Gasteiger partial charge in [0, 0.05) is 26.6 Å². The molecular weight excluding hydrogens is 142 g/mol. The van der Waals surface area contributed by atoms with Crippen molar-refractivity contribution >= 4 is 5.91 Å². The van der Waals surface area contributed by atoms with Crippen molar-refractivity contribution in [2.75, 3.05) is 20.2 Å². The van der Waals surface area contributed by atoms with Gasteiger partial charge >= 0.3 is 0 Å². The smallest absolute Gasteiger partial charge is 0.222 e. The van der Waals surface area contributed by atoms with Gasteiger partial charge in [0.2, 0.25) is 5.91 Å². The van der Waals surface area contributed by atoms with Gasteiger partial charge in [0.05, 0.1) is 0 Å². The van der Waals surface area contributed by atoms with E-state index in [0.717, 1.165) is 19.4 Å². The molecule has 1 aliphatic heterocycles. The van der Waals surface area contributed by atoms with Crippen molar-refractivity contribution in [1.29, 1.82) is 0 Å². The van der Waals surface area contributed by atoms with Crippen LogP contribution in [0.4, 0.5) is 0 Å². The van der Waals surface area contributed by atoms with E-state index in [1.165, 1.54) is 0 Å². The molecule has 1 saturated heterocycles. The van der Waals surface area contributed by atoms with Gasteiger partial charge in [-0.1, -0.05) is 0 Å². The van der Waals surface area contributed by atoms with Crippen LogP contribution in [0.5, 0.6) is 0 Å². The monoisotopic (exact) mass is 157 g/mol. The lowest BCUT2D eigenvalue weighted by molar-refractivity contribution is -0.133. The highest BCUT2D eigenvalue weighted by atomic mass is 16.3. The summed E-state index contributed by atoms with van der Waals surface area (Å²) in [7, 11) is 1.83. The molecule has 1 unspecified atom stereocenters. The van der Waals surface area contributed by atoms with E-state index < -0.39 is 0 Å². The molecule has 1 rings (SSSR count). The lowest BCUT2D eigenvalue weighted by Crippen LogP contribution is -2.37. The van der Waals surface area contributed by atoms with E-state index in [4.69, 9.17) is 5.11 Å². The van der Waals surface area contributed by atoms with Gasteiger partial charge in [-0.05, 0) is 18.8 Å². The molecule has 1 N–H and O–H groups in total. The lowest BCUT2D eigenvalue weighted by Gasteiger charge is -2.29. The second-order valence-electron chi connectivity index (χ2n) is 3.19. The standard InChI is InChI=1S/C8H15NO2/c1-9-6-7(4-5-10)2-3-8(9)11/h7,10H,2-6H2,1H3. The Morgan fingerprint density at radius 3 is 3.00 bits per heavy atom. The SMILES string of the molecule is CN1CC(CCO)CCC1=O. The Morgan fingerprint density at radius 2 is 2.45 bits per heavy atom. The van der Waals surface area contributed by atoms with Crippen LogP contribution >= 0.6 is 0 Å². The van der Waals surface area contributed by atoms with E-state index in [2.05, 4.69) is 0 Å². The Morgan fingerprint density at radius 1 is 1.73 bits per heavy atom. The number of piperidine rings is 1. The fourth-order valence-electron chi connectivity index (χ4n) is 1.52. The van der Waals surface area contributed by atoms with E-state index in [1.807, 2.05) is 7.05 Å². The van der Waals surface area contributed by atoms with Crippen LogP contribution in [0.15, 0.2) is 0 Å². The molecule has 1 fully saturated rings. The molecular formula is C8H15NO2. The van der Waals surface area contributed by atoms with Gasteiger partial charge in [0.15, 0.2) is 0 Å². The van der Waals surface area contributed by atoms with Crippen molar-refractivity contribution in [3.05, 3.63) is 0 Å². The van der Waals surface area contributed by atoms with E-state index >= 15 is 0 Å². The Kier molecular flexibility index (Phi) is 2.88. The number of carbonyl (C=O) groups excluding carboxylic acids is 1. The molecule has 11 heavy (non-hydrogen) atoms. The van der Waals surface area contributed by atoms with Crippen molar-refractivity contribution in [3.8, 4) is 0 Å². The quantitative estimate of drug-likeness (QED) is 0.623. The lowest BCUT2D eigenvalue weighted by atomic mass is 9.95. The minimum atomic E-state index is 0.235. The molecule has 1 atom stereocenters. The first-order valence-electron chi connectivity index (χ1n) is 4.09. The number of aliphatic hydroxyl groups excluding tert-OH is 1. The number of likely N-dealkylation sites (tertiary alicyclic amines) is 1. The van der Waals surface area contributed by atoms with Crippen LogP contribution < -0.4 is 0 Å². The highest BCUT2D eigenvalue weighted by Crippen LogP contribution is 2.18. The van der Waals surface area contributed by atoms with E-state index in [9.17, 15) is 4.79 Å². The Hall–Kier alpha value is -0.570. The molecule has 0 aromatic heterocycles. The first kappa shape index (κ1) is 8.53. The van der Waals surface area contributed by atoms with Crippen LogP contribution in [0, 0.1) is 5.92 Å². The number of hydrogen-bond donors (Lipinski definition) is 1. The van der Waals surface area contributed by atoms with Crippen LogP contribution in [0.3, 0.4) is 0 Å². The predicted octanol–water partition coefficient (Wildman–Crippen LogP) is 0.237. The van der Waals surface area contributed by atoms with Crippen LogP contribution in [0.1, 0.15) is 19.3 Å². The number of rotatable bonds is 2. The van der Waals surface area contributed by atoms with Gasteiger partial charge in [-0.25, -0.2) is 0 Å². The highest BCUT2D eigenvalue weighted by molar-refractivity contribution is 5.76. The molecule has 0 radical (unpaired) electrons. The van der Waals surface area contributed by atoms with Gasteiger partial charge < -0.3 is 10.0 Å². The third-order valence-corrected chi connectivity index (χ3v) is 2.26. The predicted molar refractivity (Wildman–Crippen MR) is 42.1 cm³/mol. The van der Waals surface area contributed by atoms with Gasteiger partial charge in [-0.15, -0.1) is 0 Å². The number of amides is 1. The fraction of sp³-hybridized carbons (Fsp3) is 0.875. The molecule has 1 amide bonds. The summed E-state index contributed by atoms with van der Waals surface area (Å²) in [6, 6.07) is 0. The van der Waals surface area contributed by atoms with Crippen molar-refractivity contribution in [3.63, 3.8) is 0 Å². The van der Waals surface area contributed by atoms with Crippen molar-refractivity contribution in [2.24, 2.45) is 5.92 Å². The molecule has 3 heteroatoms. The molecule has 0 aromatic rings. The van der Waals surface area contributed by atoms with Gasteiger partial charge in [-0.2, -0.15) is 0 Å². The van der Waals surface area contributed by atoms with Gasteiger partial charge in [0.1, 0.15) is 0 Å². The minimum absolute atomic E-state index is 0.235. The first-order chi connectivity index (χ1) is 5.24. The molecule has 0 spiro atoms. The zero-order valence-corrected chi connectivity index (χ0v) is 6.92. The molecule has 0 aromatic carbocycles. The van der Waals surface area contributed by atoms with Crippen molar-refractivity contribution in [2.45, 2.75) is 19.3 Å². The second-order valence-corrected chi connectivity index (χ2v) is 3.19. The van der Waals surface area contributed by atoms with Crippen LogP contribution in [0.2, 0.25) is 0 Å². The third-order valence-electron chi connectivity index (χ3n) is 2.26. The van der Waals surface area contributed by atoms with Crippen molar-refractivity contribution in [1.82, 2.24) is 4.90 Å². The molecule has 0 aliphatic carbocycles. The summed E-state index contributed by atoms with van der Waals surface area (Å²) in [6.45, 7) is 1.06. The largest absolute Gasteiger partial charge is 0.396 e. The summed E-state index contributed by atoms with van der Waals surface area (Å²) in [5, 5.41) is 8.67. The molecule has 1 heterocycles. The average molecular weight is 157 g/mol. The summed E-state index contributed by atoms with van der Waals surface area (Å²) in [6.07, 6.45) is 2.43. The Bertz CT molecular complexity index is 147.